The summed E-state index contributed by atoms with van der Waals surface area (Å²) < 4.78 is 0. The van der Waals surface area contributed by atoms with Gasteiger partial charge in [0.15, 0.2) is 0 Å². The first kappa shape index (κ1) is 20.3. The maximum absolute atomic E-state index is 12.9. The van der Waals surface area contributed by atoms with E-state index in [1.807, 2.05) is 74.5 Å². The normalized spacial score (nSPS) is 11.5. The maximum atomic E-state index is 12.9. The molecule has 1 N–H and O–H groups in total. The van der Waals surface area contributed by atoms with Gasteiger partial charge in [-0.15, -0.1) is 0 Å². The average Bonchev–Trinajstić information content (AvgIpc) is 2.78. The van der Waals surface area contributed by atoms with Crippen molar-refractivity contribution in [2.24, 2.45) is 0 Å². The molecule has 3 rings (SSSR count). The molecule has 0 saturated heterocycles. The Labute approximate surface area is 171 Å². The molecule has 0 aliphatic carbocycles. The SMILES string of the molecule is CCN(Cc1ccccc1)C(=O)c1cccc(C(=O)NC(C)c2ccccc2)n1. The van der Waals surface area contributed by atoms with Crippen molar-refractivity contribution in [3.8, 4) is 0 Å². The first-order valence-electron chi connectivity index (χ1n) is 9.74. The van der Waals surface area contributed by atoms with Crippen molar-refractivity contribution < 1.29 is 9.59 Å². The van der Waals surface area contributed by atoms with E-state index in [-0.39, 0.29) is 29.2 Å². The highest BCUT2D eigenvalue weighted by molar-refractivity contribution is 5.96. The van der Waals surface area contributed by atoms with E-state index < -0.39 is 0 Å². The Morgan fingerprint density at radius 3 is 2.17 bits per heavy atom. The summed E-state index contributed by atoms with van der Waals surface area (Å²) in [6.45, 7) is 4.90. The van der Waals surface area contributed by atoms with E-state index in [1.165, 1.54) is 0 Å². The van der Waals surface area contributed by atoms with Gasteiger partial charge in [0.05, 0.1) is 6.04 Å². The molecule has 0 aliphatic rings. The minimum Gasteiger partial charge on any atom is -0.344 e. The number of pyridine rings is 1. The molecule has 1 unspecified atom stereocenters. The molecule has 0 saturated carbocycles. The number of amides is 2. The molecule has 148 valence electrons. The van der Waals surface area contributed by atoms with Gasteiger partial charge in [-0.05, 0) is 37.1 Å². The van der Waals surface area contributed by atoms with Gasteiger partial charge in [-0.1, -0.05) is 66.7 Å². The van der Waals surface area contributed by atoms with Gasteiger partial charge in [-0.25, -0.2) is 4.98 Å². The summed E-state index contributed by atoms with van der Waals surface area (Å²) in [5.74, 6) is -0.496. The van der Waals surface area contributed by atoms with Crippen LogP contribution in [-0.4, -0.2) is 28.2 Å². The Hall–Kier alpha value is -3.47. The minimum absolute atomic E-state index is 0.157. The van der Waals surface area contributed by atoms with Crippen molar-refractivity contribution in [1.82, 2.24) is 15.2 Å². The molecule has 5 heteroatoms. The van der Waals surface area contributed by atoms with Gasteiger partial charge in [-0.3, -0.25) is 9.59 Å². The number of nitrogens with zero attached hydrogens (tertiary/aromatic N) is 2. The molecule has 29 heavy (non-hydrogen) atoms. The molecular weight excluding hydrogens is 362 g/mol. The van der Waals surface area contributed by atoms with Gasteiger partial charge < -0.3 is 10.2 Å². The minimum atomic E-state index is -0.304. The molecule has 1 heterocycles. The number of carbonyl (C=O) groups excluding carboxylic acids is 2. The van der Waals surface area contributed by atoms with Crippen LogP contribution >= 0.6 is 0 Å². The van der Waals surface area contributed by atoms with E-state index >= 15 is 0 Å². The van der Waals surface area contributed by atoms with Crippen LogP contribution < -0.4 is 5.32 Å². The van der Waals surface area contributed by atoms with E-state index in [2.05, 4.69) is 10.3 Å². The van der Waals surface area contributed by atoms with Crippen LogP contribution in [0, 0.1) is 0 Å². The van der Waals surface area contributed by atoms with Gasteiger partial charge in [-0.2, -0.15) is 0 Å². The van der Waals surface area contributed by atoms with Crippen LogP contribution in [0.3, 0.4) is 0 Å². The zero-order chi connectivity index (χ0) is 20.6. The highest BCUT2D eigenvalue weighted by Gasteiger charge is 2.19. The van der Waals surface area contributed by atoms with Crippen LogP contribution in [0.1, 0.15) is 52.0 Å². The summed E-state index contributed by atoms with van der Waals surface area (Å²) in [6, 6.07) is 24.3. The lowest BCUT2D eigenvalue weighted by atomic mass is 10.1. The summed E-state index contributed by atoms with van der Waals surface area (Å²) in [5.41, 5.74) is 2.55. The van der Waals surface area contributed by atoms with Crippen molar-refractivity contribution in [2.75, 3.05) is 6.54 Å². The van der Waals surface area contributed by atoms with Crippen LogP contribution in [-0.2, 0) is 6.54 Å². The van der Waals surface area contributed by atoms with Crippen LogP contribution in [0.2, 0.25) is 0 Å². The number of nitrogens with one attached hydrogen (secondary N) is 1. The number of hydrogen-bond acceptors (Lipinski definition) is 3. The summed E-state index contributed by atoms with van der Waals surface area (Å²) in [6.07, 6.45) is 0. The number of aromatic nitrogens is 1. The van der Waals surface area contributed by atoms with E-state index in [9.17, 15) is 9.59 Å². The quantitative estimate of drug-likeness (QED) is 0.660. The molecule has 1 aromatic heterocycles. The van der Waals surface area contributed by atoms with Crippen LogP contribution in [0.5, 0.6) is 0 Å². The van der Waals surface area contributed by atoms with E-state index in [0.29, 0.717) is 13.1 Å². The Morgan fingerprint density at radius 2 is 1.52 bits per heavy atom. The Bertz CT molecular complexity index is 958. The second-order valence-electron chi connectivity index (χ2n) is 6.82. The molecule has 0 spiro atoms. The predicted octanol–water partition coefficient (Wildman–Crippen LogP) is 4.23. The van der Waals surface area contributed by atoms with E-state index in [1.54, 1.807) is 23.1 Å². The third kappa shape index (κ3) is 5.29. The van der Waals surface area contributed by atoms with E-state index in [4.69, 9.17) is 0 Å². The fourth-order valence-corrected chi connectivity index (χ4v) is 3.07. The zero-order valence-corrected chi connectivity index (χ0v) is 16.7. The second-order valence-corrected chi connectivity index (χ2v) is 6.82. The molecule has 0 radical (unpaired) electrons. The first-order valence-corrected chi connectivity index (χ1v) is 9.74. The first-order chi connectivity index (χ1) is 14.1. The van der Waals surface area contributed by atoms with Crippen molar-refractivity contribution >= 4 is 11.8 Å². The lowest BCUT2D eigenvalue weighted by Gasteiger charge is -2.21. The summed E-state index contributed by atoms with van der Waals surface area (Å²) in [7, 11) is 0. The molecule has 0 fully saturated rings. The number of carbonyl (C=O) groups is 2. The summed E-state index contributed by atoms with van der Waals surface area (Å²) >= 11 is 0. The fourth-order valence-electron chi connectivity index (χ4n) is 3.07. The van der Waals surface area contributed by atoms with Gasteiger partial charge in [0.1, 0.15) is 11.4 Å². The average molecular weight is 387 g/mol. The van der Waals surface area contributed by atoms with Crippen molar-refractivity contribution in [1.29, 1.82) is 0 Å². The van der Waals surface area contributed by atoms with Crippen LogP contribution in [0.15, 0.2) is 78.9 Å². The molecule has 0 aliphatic heterocycles. The standard InChI is InChI=1S/C24H25N3O2/c1-3-27(17-19-11-6-4-7-12-19)24(29)22-16-10-15-21(26-22)23(28)25-18(2)20-13-8-5-9-14-20/h4-16,18H,3,17H2,1-2H3,(H,25,28). The molecular formula is C24H25N3O2. The predicted molar refractivity (Wildman–Crippen MR) is 113 cm³/mol. The third-order valence-corrected chi connectivity index (χ3v) is 4.73. The zero-order valence-electron chi connectivity index (χ0n) is 16.7. The highest BCUT2D eigenvalue weighted by Crippen LogP contribution is 2.13. The summed E-state index contributed by atoms with van der Waals surface area (Å²) in [4.78, 5) is 31.6. The molecule has 1 atom stereocenters. The van der Waals surface area contributed by atoms with Gasteiger partial charge >= 0.3 is 0 Å². The van der Waals surface area contributed by atoms with E-state index in [0.717, 1.165) is 11.1 Å². The largest absolute Gasteiger partial charge is 0.344 e. The molecule has 2 aromatic carbocycles. The number of hydrogen-bond donors (Lipinski definition) is 1. The highest BCUT2D eigenvalue weighted by atomic mass is 16.2. The Morgan fingerprint density at radius 1 is 0.897 bits per heavy atom. The maximum Gasteiger partial charge on any atom is 0.272 e. The second kappa shape index (κ2) is 9.64. The third-order valence-electron chi connectivity index (χ3n) is 4.73. The van der Waals surface area contributed by atoms with Crippen LogP contribution in [0.25, 0.3) is 0 Å². The molecule has 0 bridgehead atoms. The fraction of sp³-hybridized carbons (Fsp3) is 0.208. The lowest BCUT2D eigenvalue weighted by Crippen LogP contribution is -2.32. The monoisotopic (exact) mass is 387 g/mol. The smallest absolute Gasteiger partial charge is 0.272 e. The number of benzene rings is 2. The Kier molecular flexibility index (Phi) is 6.74. The molecule has 2 amide bonds. The topological polar surface area (TPSA) is 62.3 Å². The number of rotatable bonds is 7. The van der Waals surface area contributed by atoms with Crippen molar-refractivity contribution in [2.45, 2.75) is 26.4 Å². The lowest BCUT2D eigenvalue weighted by molar-refractivity contribution is 0.0746. The van der Waals surface area contributed by atoms with Gasteiger partial charge in [0.2, 0.25) is 0 Å². The summed E-state index contributed by atoms with van der Waals surface area (Å²) in [5, 5.41) is 2.94. The van der Waals surface area contributed by atoms with Crippen molar-refractivity contribution in [3.63, 3.8) is 0 Å². The molecule has 3 aromatic rings. The van der Waals surface area contributed by atoms with Gasteiger partial charge in [0.25, 0.3) is 11.8 Å². The Balaban J connectivity index is 1.72. The van der Waals surface area contributed by atoms with Gasteiger partial charge in [0, 0.05) is 13.1 Å². The molecule has 5 nitrogen and oxygen atoms in total. The van der Waals surface area contributed by atoms with Crippen LogP contribution in [0.4, 0.5) is 0 Å². The van der Waals surface area contributed by atoms with Crippen molar-refractivity contribution in [3.05, 3.63) is 101 Å².